The van der Waals surface area contributed by atoms with Crippen LogP contribution in [-0.2, 0) is 53.8 Å². The van der Waals surface area contributed by atoms with Crippen LogP contribution in [0.3, 0.4) is 0 Å². The number of benzene rings is 4. The molecule has 1 saturated heterocycles. The van der Waals surface area contributed by atoms with E-state index in [1.165, 1.54) is 0 Å². The molecule has 0 saturated carbocycles. The monoisotopic (exact) mass is 646 g/mol. The molecule has 4 aromatic rings. The molecule has 6 atom stereocenters. The van der Waals surface area contributed by atoms with Crippen LogP contribution in [0, 0.1) is 13.8 Å². The fourth-order valence-electron chi connectivity index (χ4n) is 5.29. The Kier molecular flexibility index (Phi) is 11.5. The number of hydrogen-bond acceptors (Lipinski definition) is 6. The van der Waals surface area contributed by atoms with Crippen molar-refractivity contribution in [2.24, 2.45) is 0 Å². The maximum Gasteiger partial charge on any atom is 0.164 e. The lowest BCUT2D eigenvalue weighted by Gasteiger charge is -2.31. The minimum Gasteiger partial charge on any atom is -0.370 e. The summed E-state index contributed by atoms with van der Waals surface area (Å²) in [5.41, 5.74) is 4.19. The van der Waals surface area contributed by atoms with Gasteiger partial charge in [-0.25, -0.2) is 0 Å². The summed E-state index contributed by atoms with van der Waals surface area (Å²) in [5, 5.41) is 0. The highest BCUT2D eigenvalue weighted by atomic mass is 32.2. The smallest absolute Gasteiger partial charge is 0.164 e. The van der Waals surface area contributed by atoms with Gasteiger partial charge in [0.25, 0.3) is 0 Å². The molecule has 0 N–H and O–H groups in total. The Labute approximate surface area is 272 Å². The first kappa shape index (κ1) is 33.4. The molecule has 0 spiro atoms. The maximum atomic E-state index is 13.7. The van der Waals surface area contributed by atoms with E-state index in [1.54, 1.807) is 0 Å². The average molecular weight is 647 g/mol. The number of rotatable bonds is 14. The molecule has 0 radical (unpaired) electrons. The Morgan fingerprint density at radius 2 is 0.956 bits per heavy atom. The van der Waals surface area contributed by atoms with E-state index in [0.717, 1.165) is 32.0 Å². The molecule has 0 amide bonds. The molecule has 1 fully saturated rings. The highest BCUT2D eigenvalue weighted by Gasteiger charge is 2.50. The average Bonchev–Trinajstić information content (AvgIpc) is 3.37. The van der Waals surface area contributed by atoms with Crippen molar-refractivity contribution >= 4 is 21.6 Å². The second-order valence-corrected chi connectivity index (χ2v) is 14.9. The summed E-state index contributed by atoms with van der Waals surface area (Å²) in [5.74, 6) is -0.569. The summed E-state index contributed by atoms with van der Waals surface area (Å²) in [6.45, 7) is 8.35. The maximum absolute atomic E-state index is 13.7. The summed E-state index contributed by atoms with van der Waals surface area (Å²) in [6.07, 6.45) is -2.47. The van der Waals surface area contributed by atoms with Crippen molar-refractivity contribution < 1.29 is 27.4 Å². The summed E-state index contributed by atoms with van der Waals surface area (Å²) >= 11 is 0. The van der Waals surface area contributed by atoms with Crippen molar-refractivity contribution in [2.75, 3.05) is 11.5 Å². The van der Waals surface area contributed by atoms with Crippen LogP contribution < -0.4 is 0 Å². The molecule has 1 aliphatic heterocycles. The van der Waals surface area contributed by atoms with Gasteiger partial charge in [-0.1, -0.05) is 96.1 Å². The normalized spacial score (nSPS) is 20.4. The lowest BCUT2D eigenvalue weighted by atomic mass is 10.0. The first-order chi connectivity index (χ1) is 21.7. The van der Waals surface area contributed by atoms with E-state index < -0.39 is 51.8 Å². The Morgan fingerprint density at radius 1 is 0.600 bits per heavy atom. The van der Waals surface area contributed by atoms with Gasteiger partial charge < -0.3 is 18.9 Å². The van der Waals surface area contributed by atoms with E-state index in [-0.39, 0.29) is 11.5 Å². The minimum atomic E-state index is -1.37. The standard InChI is InChI=1S/C37H42O6S2/c1-27-15-19-31(20-16-27)44(38)25-33(40-23-29-11-7-5-8-12-29)35-36(43-37(3,4)42-35)34(41-24-30-13-9-6-10-14-30)26-45(39)32-21-17-28(2)18-22-32/h5-22,33-36H,23-26H2,1-4H3/t33-,34-,35+,36+,44-,45-/m0/s1. The van der Waals surface area contributed by atoms with Crippen molar-refractivity contribution in [1.82, 2.24) is 0 Å². The Bertz CT molecular complexity index is 1420. The van der Waals surface area contributed by atoms with E-state index >= 15 is 0 Å². The fraction of sp³-hybridized carbons (Fsp3) is 0.351. The molecule has 238 valence electrons. The van der Waals surface area contributed by atoms with E-state index in [1.807, 2.05) is 137 Å². The highest BCUT2D eigenvalue weighted by Crippen LogP contribution is 2.35. The van der Waals surface area contributed by atoms with Gasteiger partial charge in [-0.3, -0.25) is 8.42 Å². The van der Waals surface area contributed by atoms with E-state index in [2.05, 4.69) is 0 Å². The van der Waals surface area contributed by atoms with Crippen LogP contribution in [0.15, 0.2) is 119 Å². The second-order valence-electron chi connectivity index (χ2n) is 11.9. The lowest BCUT2D eigenvalue weighted by Crippen LogP contribution is -2.48. The summed E-state index contributed by atoms with van der Waals surface area (Å²) in [6, 6.07) is 35.2. The van der Waals surface area contributed by atoms with Gasteiger partial charge in [-0.2, -0.15) is 0 Å². The molecular weight excluding hydrogens is 605 g/mol. The van der Waals surface area contributed by atoms with Gasteiger partial charge in [0.2, 0.25) is 0 Å². The van der Waals surface area contributed by atoms with Crippen LogP contribution in [0.2, 0.25) is 0 Å². The van der Waals surface area contributed by atoms with Crippen LogP contribution in [0.1, 0.15) is 36.1 Å². The Balaban J connectivity index is 1.45. The van der Waals surface area contributed by atoms with Crippen molar-refractivity contribution in [3.8, 4) is 0 Å². The quantitative estimate of drug-likeness (QED) is 0.148. The Hall–Kier alpha value is -2.98. The van der Waals surface area contributed by atoms with Gasteiger partial charge in [-0.15, -0.1) is 0 Å². The summed E-state index contributed by atoms with van der Waals surface area (Å²) in [7, 11) is -2.73. The third-order valence-electron chi connectivity index (χ3n) is 7.71. The van der Waals surface area contributed by atoms with Crippen LogP contribution >= 0.6 is 0 Å². The topological polar surface area (TPSA) is 71.1 Å². The zero-order valence-corrected chi connectivity index (χ0v) is 27.9. The van der Waals surface area contributed by atoms with Crippen LogP contribution in [0.5, 0.6) is 0 Å². The molecule has 5 rings (SSSR count). The third-order valence-corrected chi connectivity index (χ3v) is 10.6. The van der Waals surface area contributed by atoms with Gasteiger partial charge in [0.1, 0.15) is 12.2 Å². The fourth-order valence-corrected chi connectivity index (χ4v) is 7.73. The van der Waals surface area contributed by atoms with E-state index in [0.29, 0.717) is 13.2 Å². The van der Waals surface area contributed by atoms with Gasteiger partial charge in [-0.05, 0) is 63.1 Å². The van der Waals surface area contributed by atoms with E-state index in [4.69, 9.17) is 18.9 Å². The van der Waals surface area contributed by atoms with Crippen LogP contribution in [0.4, 0.5) is 0 Å². The molecule has 0 aromatic heterocycles. The Morgan fingerprint density at radius 3 is 1.31 bits per heavy atom. The largest absolute Gasteiger partial charge is 0.370 e. The van der Waals surface area contributed by atoms with Gasteiger partial charge in [0.15, 0.2) is 5.79 Å². The zero-order valence-electron chi connectivity index (χ0n) is 26.3. The highest BCUT2D eigenvalue weighted by molar-refractivity contribution is 7.85. The molecule has 6 nitrogen and oxygen atoms in total. The molecule has 4 aromatic carbocycles. The van der Waals surface area contributed by atoms with Crippen LogP contribution in [-0.4, -0.2) is 50.1 Å². The van der Waals surface area contributed by atoms with E-state index in [9.17, 15) is 8.42 Å². The van der Waals surface area contributed by atoms with Crippen molar-refractivity contribution in [1.29, 1.82) is 0 Å². The predicted molar refractivity (Wildman–Crippen MR) is 179 cm³/mol. The minimum absolute atomic E-state index is 0.197. The summed E-state index contributed by atoms with van der Waals surface area (Å²) < 4.78 is 53.6. The van der Waals surface area contributed by atoms with Gasteiger partial charge in [0.05, 0.1) is 58.5 Å². The molecule has 45 heavy (non-hydrogen) atoms. The van der Waals surface area contributed by atoms with Crippen molar-refractivity contribution in [3.05, 3.63) is 131 Å². The summed E-state index contributed by atoms with van der Waals surface area (Å²) in [4.78, 5) is 1.45. The molecule has 0 unspecified atom stereocenters. The number of hydrogen-bond donors (Lipinski definition) is 0. The lowest BCUT2D eigenvalue weighted by molar-refractivity contribution is -0.164. The van der Waals surface area contributed by atoms with Gasteiger partial charge >= 0.3 is 0 Å². The molecule has 1 aliphatic rings. The third kappa shape index (κ3) is 9.51. The molecule has 0 bridgehead atoms. The number of ether oxygens (including phenoxy) is 4. The predicted octanol–water partition coefficient (Wildman–Crippen LogP) is 6.91. The van der Waals surface area contributed by atoms with Gasteiger partial charge in [0, 0.05) is 9.79 Å². The number of aryl methyl sites for hydroxylation is 2. The first-order valence-corrected chi connectivity index (χ1v) is 17.9. The molecule has 1 heterocycles. The molecular formula is C37H42O6S2. The SMILES string of the molecule is Cc1ccc([S@@](=O)C[C@H](OCc2ccccc2)[C@H]2OC(C)(C)O[C@@H]2[C@H](C[S@](=O)c2ccc(C)cc2)OCc2ccccc2)cc1. The molecule has 8 heteroatoms. The second kappa shape index (κ2) is 15.5. The van der Waals surface area contributed by atoms with Crippen LogP contribution in [0.25, 0.3) is 0 Å². The molecule has 0 aliphatic carbocycles. The van der Waals surface area contributed by atoms with Crippen molar-refractivity contribution in [2.45, 2.75) is 80.9 Å². The first-order valence-electron chi connectivity index (χ1n) is 15.2. The zero-order chi connectivity index (χ0) is 31.8. The van der Waals surface area contributed by atoms with Crippen molar-refractivity contribution in [3.63, 3.8) is 0 Å².